The van der Waals surface area contributed by atoms with E-state index in [1.165, 1.54) is 12.1 Å². The van der Waals surface area contributed by atoms with E-state index in [4.69, 9.17) is 17.3 Å². The number of nitrogens with two attached hydrogens (primary N) is 1. The third-order valence-corrected chi connectivity index (χ3v) is 2.66. The van der Waals surface area contributed by atoms with E-state index in [1.54, 1.807) is 0 Å². The molecule has 8 nitrogen and oxygen atoms in total. The van der Waals surface area contributed by atoms with Crippen molar-refractivity contribution in [2.75, 3.05) is 5.73 Å². The molecule has 0 atom stereocenters. The summed E-state index contributed by atoms with van der Waals surface area (Å²) in [7, 11) is 0. The Labute approximate surface area is 111 Å². The molecule has 2 heterocycles. The molecule has 0 amide bonds. The molecule has 98 valence electrons. The predicted octanol–water partition coefficient (Wildman–Crippen LogP) is 0.830. The highest BCUT2D eigenvalue weighted by atomic mass is 35.5. The Morgan fingerprint density at radius 2 is 2.21 bits per heavy atom. The smallest absolute Gasteiger partial charge is 0.348 e. The zero-order valence-electron chi connectivity index (χ0n) is 9.49. The fourth-order valence-electron chi connectivity index (χ4n) is 1.42. The van der Waals surface area contributed by atoms with Crippen LogP contribution in [0.15, 0.2) is 29.3 Å². The largest absolute Gasteiger partial charge is 0.384 e. The molecule has 9 heteroatoms. The number of rotatable bonds is 3. The van der Waals surface area contributed by atoms with Crippen LogP contribution in [0.1, 0.15) is 5.69 Å². The van der Waals surface area contributed by atoms with Crippen LogP contribution >= 0.6 is 11.6 Å². The van der Waals surface area contributed by atoms with Crippen LogP contribution in [0.25, 0.3) is 0 Å². The minimum Gasteiger partial charge on any atom is -0.384 e. The van der Waals surface area contributed by atoms with Crippen molar-refractivity contribution in [1.29, 1.82) is 0 Å². The fourth-order valence-corrected chi connectivity index (χ4v) is 1.59. The van der Waals surface area contributed by atoms with Gasteiger partial charge in [-0.05, 0) is 12.1 Å². The molecule has 0 spiro atoms. The molecule has 0 fully saturated rings. The number of anilines is 1. The van der Waals surface area contributed by atoms with E-state index in [0.717, 1.165) is 17.0 Å². The van der Waals surface area contributed by atoms with E-state index >= 15 is 0 Å². The minimum absolute atomic E-state index is 0.0443. The number of nitro groups is 1. The van der Waals surface area contributed by atoms with Crippen LogP contribution in [0.2, 0.25) is 5.02 Å². The third kappa shape index (κ3) is 2.86. The molecular formula is C10H8ClN5O3. The number of halogens is 1. The highest BCUT2D eigenvalue weighted by Crippen LogP contribution is 2.16. The van der Waals surface area contributed by atoms with Crippen LogP contribution < -0.4 is 11.4 Å². The molecule has 0 saturated heterocycles. The molecule has 0 bridgehead atoms. The van der Waals surface area contributed by atoms with E-state index in [2.05, 4.69) is 9.97 Å². The van der Waals surface area contributed by atoms with Crippen molar-refractivity contribution in [3.63, 3.8) is 0 Å². The number of hydrogen-bond acceptors (Lipinski definition) is 6. The van der Waals surface area contributed by atoms with Gasteiger partial charge in [-0.1, -0.05) is 11.6 Å². The Morgan fingerprint density at radius 1 is 1.47 bits per heavy atom. The van der Waals surface area contributed by atoms with E-state index in [1.807, 2.05) is 0 Å². The number of pyridine rings is 1. The topological polar surface area (TPSA) is 117 Å². The lowest BCUT2D eigenvalue weighted by Gasteiger charge is -2.06. The Morgan fingerprint density at radius 3 is 2.89 bits per heavy atom. The molecule has 2 rings (SSSR count). The Kier molecular flexibility index (Phi) is 3.43. The summed E-state index contributed by atoms with van der Waals surface area (Å²) in [6.07, 6.45) is 1.98. The molecule has 0 unspecified atom stereocenters. The van der Waals surface area contributed by atoms with Crippen molar-refractivity contribution in [1.82, 2.24) is 14.5 Å². The lowest BCUT2D eigenvalue weighted by atomic mass is 10.3. The summed E-state index contributed by atoms with van der Waals surface area (Å²) in [5, 5.41) is 10.9. The maximum Gasteiger partial charge on any atom is 0.348 e. The molecule has 2 aromatic rings. The molecule has 19 heavy (non-hydrogen) atoms. The van der Waals surface area contributed by atoms with Gasteiger partial charge in [0.15, 0.2) is 0 Å². The first kappa shape index (κ1) is 13.0. The van der Waals surface area contributed by atoms with Gasteiger partial charge in [0.2, 0.25) is 0 Å². The second-order valence-corrected chi connectivity index (χ2v) is 4.05. The first-order valence-electron chi connectivity index (χ1n) is 5.09. The molecule has 0 saturated carbocycles. The summed E-state index contributed by atoms with van der Waals surface area (Å²) in [6, 6.07) is 3.05. The monoisotopic (exact) mass is 281 g/mol. The first-order valence-corrected chi connectivity index (χ1v) is 5.47. The van der Waals surface area contributed by atoms with Crippen molar-refractivity contribution in [3.8, 4) is 0 Å². The van der Waals surface area contributed by atoms with Crippen molar-refractivity contribution < 1.29 is 4.92 Å². The summed E-state index contributed by atoms with van der Waals surface area (Å²) in [5.41, 5.74) is 4.93. The zero-order chi connectivity index (χ0) is 14.0. The number of nitrogen functional groups attached to an aromatic ring is 1. The standard InChI is InChI=1S/C10H8ClN5O3/c11-7-1-2-9(12)14-8(7)5-15-4-6(16(18)19)3-13-10(15)17/h1-4H,5H2,(H2,12,14). The lowest BCUT2D eigenvalue weighted by Crippen LogP contribution is -2.23. The molecule has 0 radical (unpaired) electrons. The quantitative estimate of drug-likeness (QED) is 0.658. The molecule has 2 aromatic heterocycles. The van der Waals surface area contributed by atoms with Crippen molar-refractivity contribution >= 4 is 23.1 Å². The Hall–Kier alpha value is -2.48. The van der Waals surface area contributed by atoms with Crippen LogP contribution in [0.5, 0.6) is 0 Å². The summed E-state index contributed by atoms with van der Waals surface area (Å²) >= 11 is 5.91. The van der Waals surface area contributed by atoms with Gasteiger partial charge in [-0.15, -0.1) is 0 Å². The number of aromatic nitrogens is 3. The van der Waals surface area contributed by atoms with E-state index in [9.17, 15) is 14.9 Å². The van der Waals surface area contributed by atoms with E-state index < -0.39 is 10.6 Å². The minimum atomic E-state index is -0.642. The molecule has 2 N–H and O–H groups in total. The van der Waals surface area contributed by atoms with Gasteiger partial charge in [0.25, 0.3) is 0 Å². The lowest BCUT2D eigenvalue weighted by molar-refractivity contribution is -0.385. The number of hydrogen-bond donors (Lipinski definition) is 1. The predicted molar refractivity (Wildman–Crippen MR) is 67.9 cm³/mol. The molecule has 0 aliphatic carbocycles. The van der Waals surface area contributed by atoms with Crippen LogP contribution in [0.3, 0.4) is 0 Å². The average Bonchev–Trinajstić information content (AvgIpc) is 2.36. The van der Waals surface area contributed by atoms with Gasteiger partial charge in [0.1, 0.15) is 12.0 Å². The van der Waals surface area contributed by atoms with Gasteiger partial charge < -0.3 is 5.73 Å². The summed E-state index contributed by atoms with van der Waals surface area (Å²) in [4.78, 5) is 28.9. The summed E-state index contributed by atoms with van der Waals surface area (Å²) in [5.74, 6) is 0.242. The second kappa shape index (κ2) is 5.02. The normalized spacial score (nSPS) is 10.4. The average molecular weight is 282 g/mol. The molecule has 0 aromatic carbocycles. The van der Waals surface area contributed by atoms with Crippen LogP contribution in [-0.4, -0.2) is 19.5 Å². The van der Waals surface area contributed by atoms with E-state index in [0.29, 0.717) is 10.7 Å². The maximum absolute atomic E-state index is 11.5. The third-order valence-electron chi connectivity index (χ3n) is 2.31. The zero-order valence-corrected chi connectivity index (χ0v) is 10.2. The van der Waals surface area contributed by atoms with Gasteiger partial charge in [0.05, 0.1) is 28.4 Å². The Balaban J connectivity index is 2.43. The van der Waals surface area contributed by atoms with E-state index in [-0.39, 0.29) is 18.1 Å². The van der Waals surface area contributed by atoms with Gasteiger partial charge in [-0.2, -0.15) is 4.98 Å². The highest BCUT2D eigenvalue weighted by Gasteiger charge is 2.11. The SMILES string of the molecule is Nc1ccc(Cl)c(Cn2cc([N+](=O)[O-])cnc2=O)n1. The fraction of sp³-hybridized carbons (Fsp3) is 0.100. The van der Waals surface area contributed by atoms with Crippen LogP contribution in [-0.2, 0) is 6.54 Å². The summed E-state index contributed by atoms with van der Waals surface area (Å²) in [6.45, 7) is -0.0443. The van der Waals surface area contributed by atoms with Crippen LogP contribution in [0.4, 0.5) is 11.5 Å². The van der Waals surface area contributed by atoms with Gasteiger partial charge in [0, 0.05) is 0 Å². The van der Waals surface area contributed by atoms with Crippen molar-refractivity contribution in [2.24, 2.45) is 0 Å². The van der Waals surface area contributed by atoms with Gasteiger partial charge >= 0.3 is 11.4 Å². The Bertz CT molecular complexity index is 700. The molecule has 0 aliphatic heterocycles. The molecule has 0 aliphatic rings. The first-order chi connectivity index (χ1) is 8.97. The maximum atomic E-state index is 11.5. The van der Waals surface area contributed by atoms with Gasteiger partial charge in [-0.3, -0.25) is 14.7 Å². The number of nitrogens with zero attached hydrogens (tertiary/aromatic N) is 4. The van der Waals surface area contributed by atoms with Gasteiger partial charge in [-0.25, -0.2) is 9.78 Å². The molecular weight excluding hydrogens is 274 g/mol. The second-order valence-electron chi connectivity index (χ2n) is 3.64. The van der Waals surface area contributed by atoms with Crippen molar-refractivity contribution in [2.45, 2.75) is 6.54 Å². The van der Waals surface area contributed by atoms with Crippen LogP contribution in [0, 0.1) is 10.1 Å². The summed E-state index contributed by atoms with van der Waals surface area (Å²) < 4.78 is 1.05. The highest BCUT2D eigenvalue weighted by molar-refractivity contribution is 6.31. The van der Waals surface area contributed by atoms with Crippen molar-refractivity contribution in [3.05, 3.63) is 55.8 Å².